The predicted octanol–water partition coefficient (Wildman–Crippen LogP) is 1.13. The molecule has 0 radical (unpaired) electrons. The Balaban J connectivity index is 2.68. The molecular weight excluding hydrogens is 210 g/mol. The highest BCUT2D eigenvalue weighted by Gasteiger charge is 2.25. The molecule has 0 amide bonds. The van der Waals surface area contributed by atoms with Gasteiger partial charge in [0.05, 0.1) is 10.6 Å². The number of aromatic nitrogens is 4. The second-order valence-electron chi connectivity index (χ2n) is 3.54. The summed E-state index contributed by atoms with van der Waals surface area (Å²) >= 11 is 0. The zero-order chi connectivity index (χ0) is 11.9. The van der Waals surface area contributed by atoms with E-state index < -0.39 is 4.92 Å². The monoisotopic (exact) mass is 221 g/mol. The molecule has 16 heavy (non-hydrogen) atoms. The second kappa shape index (κ2) is 3.44. The summed E-state index contributed by atoms with van der Waals surface area (Å²) in [6.45, 7) is 3.43. The van der Waals surface area contributed by atoms with Crippen LogP contribution < -0.4 is 0 Å². The molecule has 0 aliphatic carbocycles. The Morgan fingerprint density at radius 3 is 2.56 bits per heavy atom. The normalized spacial score (nSPS) is 10.7. The van der Waals surface area contributed by atoms with E-state index in [1.807, 2.05) is 6.92 Å². The molecule has 7 nitrogen and oxygen atoms in total. The molecule has 0 saturated heterocycles. The fourth-order valence-corrected chi connectivity index (χ4v) is 1.64. The van der Waals surface area contributed by atoms with Crippen LogP contribution in [0.5, 0.6) is 0 Å². The topological polar surface area (TPSA) is 78.8 Å². The smallest absolute Gasteiger partial charge is 0.258 e. The molecule has 7 heteroatoms. The molecule has 2 aromatic rings. The molecule has 0 unspecified atom stereocenters. The van der Waals surface area contributed by atoms with Crippen LogP contribution in [0.15, 0.2) is 12.3 Å². The number of rotatable bonds is 2. The minimum Gasteiger partial charge on any atom is -0.258 e. The Hall–Kier alpha value is -2.18. The minimum absolute atomic E-state index is 0.00870. The molecule has 0 N–H and O–H groups in total. The highest BCUT2D eigenvalue weighted by Crippen LogP contribution is 2.25. The van der Waals surface area contributed by atoms with Crippen LogP contribution in [-0.2, 0) is 7.05 Å². The fourth-order valence-electron chi connectivity index (χ4n) is 1.64. The molecule has 0 aliphatic heterocycles. The lowest BCUT2D eigenvalue weighted by Gasteiger charge is -2.00. The summed E-state index contributed by atoms with van der Waals surface area (Å²) in [5, 5.41) is 19.1. The number of aryl methyl sites for hydroxylation is 3. The maximum absolute atomic E-state index is 10.9. The van der Waals surface area contributed by atoms with Crippen LogP contribution >= 0.6 is 0 Å². The highest BCUT2D eigenvalue weighted by molar-refractivity contribution is 5.50. The van der Waals surface area contributed by atoms with Gasteiger partial charge in [-0.15, -0.1) is 0 Å². The maximum atomic E-state index is 10.9. The van der Waals surface area contributed by atoms with Crippen molar-refractivity contribution in [2.75, 3.05) is 0 Å². The minimum atomic E-state index is -0.436. The van der Waals surface area contributed by atoms with Crippen LogP contribution in [0.1, 0.15) is 11.4 Å². The number of hydrogen-bond donors (Lipinski definition) is 0. The molecular formula is C9H11N5O2. The third kappa shape index (κ3) is 1.46. The maximum Gasteiger partial charge on any atom is 0.336 e. The molecule has 0 aliphatic rings. The Kier molecular flexibility index (Phi) is 2.22. The molecule has 0 bridgehead atoms. The van der Waals surface area contributed by atoms with E-state index in [1.165, 1.54) is 9.36 Å². The molecule has 2 rings (SSSR count). The van der Waals surface area contributed by atoms with Crippen molar-refractivity contribution in [2.45, 2.75) is 13.8 Å². The summed E-state index contributed by atoms with van der Waals surface area (Å²) in [5.74, 6) is 0.371. The molecule has 0 fully saturated rings. The van der Waals surface area contributed by atoms with Crippen molar-refractivity contribution in [3.05, 3.63) is 33.8 Å². The third-order valence-corrected chi connectivity index (χ3v) is 2.28. The first-order chi connectivity index (χ1) is 7.50. The Bertz CT molecular complexity index is 554. The summed E-state index contributed by atoms with van der Waals surface area (Å²) in [7, 11) is 1.66. The van der Waals surface area contributed by atoms with Crippen molar-refractivity contribution in [3.63, 3.8) is 0 Å². The zero-order valence-electron chi connectivity index (χ0n) is 9.21. The predicted molar refractivity (Wildman–Crippen MR) is 56.5 cm³/mol. The van der Waals surface area contributed by atoms with Crippen molar-refractivity contribution in [1.29, 1.82) is 0 Å². The van der Waals surface area contributed by atoms with Gasteiger partial charge in [0.2, 0.25) is 5.82 Å². The van der Waals surface area contributed by atoms with E-state index in [0.717, 1.165) is 5.69 Å². The first-order valence-corrected chi connectivity index (χ1v) is 4.71. The van der Waals surface area contributed by atoms with Crippen molar-refractivity contribution >= 4 is 5.69 Å². The van der Waals surface area contributed by atoms with Gasteiger partial charge in [-0.2, -0.15) is 10.2 Å². The van der Waals surface area contributed by atoms with Crippen LogP contribution in [0.4, 0.5) is 5.69 Å². The molecule has 84 valence electrons. The lowest BCUT2D eigenvalue weighted by molar-refractivity contribution is -0.385. The summed E-state index contributed by atoms with van der Waals surface area (Å²) in [6, 6.07) is 1.78. The first-order valence-electron chi connectivity index (χ1n) is 4.71. The van der Waals surface area contributed by atoms with Crippen molar-refractivity contribution in [3.8, 4) is 5.82 Å². The van der Waals surface area contributed by atoms with Gasteiger partial charge in [0.1, 0.15) is 5.69 Å². The van der Waals surface area contributed by atoms with E-state index in [9.17, 15) is 10.1 Å². The molecule has 2 heterocycles. The zero-order valence-corrected chi connectivity index (χ0v) is 9.21. The lowest BCUT2D eigenvalue weighted by atomic mass is 10.4. The van der Waals surface area contributed by atoms with Crippen LogP contribution in [0.2, 0.25) is 0 Å². The Morgan fingerprint density at radius 2 is 2.06 bits per heavy atom. The van der Waals surface area contributed by atoms with Gasteiger partial charge in [0.25, 0.3) is 0 Å². The highest BCUT2D eigenvalue weighted by atomic mass is 16.6. The van der Waals surface area contributed by atoms with Gasteiger partial charge in [-0.3, -0.25) is 10.1 Å². The van der Waals surface area contributed by atoms with E-state index in [2.05, 4.69) is 10.2 Å². The Morgan fingerprint density at radius 1 is 1.38 bits per heavy atom. The molecule has 0 spiro atoms. The second-order valence-corrected chi connectivity index (χ2v) is 3.54. The average Bonchev–Trinajstić information content (AvgIpc) is 2.69. The standard InChI is InChI=1S/C9H11N5O2/c1-6-4-5-13(10-6)9-8(14(15)16)7(2)11-12(9)3/h4-5H,1-3H3. The summed E-state index contributed by atoms with van der Waals surface area (Å²) in [5.41, 5.74) is 1.18. The largest absolute Gasteiger partial charge is 0.336 e. The first kappa shape index (κ1) is 10.3. The van der Waals surface area contributed by atoms with E-state index in [4.69, 9.17) is 0 Å². The summed E-state index contributed by atoms with van der Waals surface area (Å²) in [4.78, 5) is 10.5. The van der Waals surface area contributed by atoms with E-state index >= 15 is 0 Å². The molecule has 0 atom stereocenters. The molecule has 0 saturated carbocycles. The number of nitro groups is 1. The molecule has 2 aromatic heterocycles. The van der Waals surface area contributed by atoms with Gasteiger partial charge in [-0.05, 0) is 19.9 Å². The van der Waals surface area contributed by atoms with Gasteiger partial charge in [-0.25, -0.2) is 9.36 Å². The van der Waals surface area contributed by atoms with Gasteiger partial charge in [-0.1, -0.05) is 0 Å². The van der Waals surface area contributed by atoms with E-state index in [1.54, 1.807) is 26.2 Å². The van der Waals surface area contributed by atoms with Crippen molar-refractivity contribution in [1.82, 2.24) is 19.6 Å². The van der Waals surface area contributed by atoms with Crippen molar-refractivity contribution < 1.29 is 4.92 Å². The van der Waals surface area contributed by atoms with E-state index in [0.29, 0.717) is 11.5 Å². The van der Waals surface area contributed by atoms with E-state index in [-0.39, 0.29) is 5.69 Å². The Labute approximate surface area is 91.5 Å². The van der Waals surface area contributed by atoms with Gasteiger partial charge < -0.3 is 0 Å². The van der Waals surface area contributed by atoms with Gasteiger partial charge in [0.15, 0.2) is 0 Å². The van der Waals surface area contributed by atoms with Crippen LogP contribution in [0.25, 0.3) is 5.82 Å². The third-order valence-electron chi connectivity index (χ3n) is 2.28. The van der Waals surface area contributed by atoms with Gasteiger partial charge >= 0.3 is 5.69 Å². The van der Waals surface area contributed by atoms with Gasteiger partial charge in [0, 0.05) is 13.2 Å². The van der Waals surface area contributed by atoms with Crippen molar-refractivity contribution in [2.24, 2.45) is 7.05 Å². The average molecular weight is 221 g/mol. The number of nitrogens with zero attached hydrogens (tertiary/aromatic N) is 5. The van der Waals surface area contributed by atoms with Crippen LogP contribution in [0.3, 0.4) is 0 Å². The SMILES string of the molecule is Cc1ccn(-c2c([N+](=O)[O-])c(C)nn2C)n1. The molecule has 0 aromatic carbocycles. The lowest BCUT2D eigenvalue weighted by Crippen LogP contribution is -2.05. The van der Waals surface area contributed by atoms with Crippen LogP contribution in [0, 0.1) is 24.0 Å². The van der Waals surface area contributed by atoms with Crippen LogP contribution in [-0.4, -0.2) is 24.5 Å². The summed E-state index contributed by atoms with van der Waals surface area (Å²) in [6.07, 6.45) is 1.68. The quantitative estimate of drug-likeness (QED) is 0.562. The fraction of sp³-hybridized carbons (Fsp3) is 0.333. The number of hydrogen-bond acceptors (Lipinski definition) is 4. The summed E-state index contributed by atoms with van der Waals surface area (Å²) < 4.78 is 2.92.